The second-order valence-corrected chi connectivity index (χ2v) is 8.87. The van der Waals surface area contributed by atoms with E-state index < -0.39 is 32.2 Å². The molecule has 1 aliphatic carbocycles. The predicted octanol–water partition coefficient (Wildman–Crippen LogP) is 2.57. The molecule has 1 aromatic rings. The highest BCUT2D eigenvalue weighted by molar-refractivity contribution is 7.89. The molecule has 2 aliphatic rings. The molecule has 0 bridgehead atoms. The van der Waals surface area contributed by atoms with E-state index in [1.54, 1.807) is 0 Å². The number of nitrogens with zero attached hydrogens (tertiary/aromatic N) is 2. The zero-order chi connectivity index (χ0) is 18.8. The molecule has 26 heavy (non-hydrogen) atoms. The Morgan fingerprint density at radius 3 is 2.42 bits per heavy atom. The van der Waals surface area contributed by atoms with Crippen molar-refractivity contribution in [3.8, 4) is 6.07 Å². The van der Waals surface area contributed by atoms with Gasteiger partial charge in [0.15, 0.2) is 0 Å². The third-order valence-corrected chi connectivity index (χ3v) is 7.06. The van der Waals surface area contributed by atoms with E-state index in [2.05, 4.69) is 11.4 Å². The maximum Gasteiger partial charge on any atom is 0.252 e. The minimum Gasteiger partial charge on any atom is -0.334 e. The summed E-state index contributed by atoms with van der Waals surface area (Å²) in [6.07, 6.45) is 5.27. The van der Waals surface area contributed by atoms with Crippen molar-refractivity contribution in [1.29, 1.82) is 5.26 Å². The lowest BCUT2D eigenvalue weighted by molar-refractivity contribution is 0.0920. The van der Waals surface area contributed by atoms with Crippen LogP contribution < -0.4 is 5.32 Å². The third kappa shape index (κ3) is 3.60. The number of nitriles is 1. The number of hydrogen-bond acceptors (Lipinski definition) is 4. The summed E-state index contributed by atoms with van der Waals surface area (Å²) in [5.74, 6) is -1.42. The van der Waals surface area contributed by atoms with Crippen LogP contribution in [0.2, 0.25) is 0 Å². The lowest BCUT2D eigenvalue weighted by atomic mass is 9.99. The molecule has 140 valence electrons. The fraction of sp³-hybridized carbons (Fsp3) is 0.556. The van der Waals surface area contributed by atoms with Gasteiger partial charge in [-0.05, 0) is 56.7 Å². The average Bonchev–Trinajstić information content (AvgIpc) is 3.11. The van der Waals surface area contributed by atoms with Gasteiger partial charge in [-0.3, -0.25) is 4.79 Å². The summed E-state index contributed by atoms with van der Waals surface area (Å²) in [7, 11) is -3.98. The number of carbonyl (C=O) groups is 1. The number of carbonyl (C=O) groups excluding carboxylic acids is 1. The van der Waals surface area contributed by atoms with Gasteiger partial charge in [-0.1, -0.05) is 6.42 Å². The van der Waals surface area contributed by atoms with Gasteiger partial charge in [-0.25, -0.2) is 12.8 Å². The molecule has 1 aromatic carbocycles. The summed E-state index contributed by atoms with van der Waals surface area (Å²) in [5.41, 5.74) is -0.874. The van der Waals surface area contributed by atoms with Crippen molar-refractivity contribution in [2.24, 2.45) is 0 Å². The van der Waals surface area contributed by atoms with Crippen LogP contribution in [0.4, 0.5) is 4.39 Å². The van der Waals surface area contributed by atoms with E-state index >= 15 is 0 Å². The molecular formula is C18H22FN3O3S. The van der Waals surface area contributed by atoms with Crippen molar-refractivity contribution in [3.05, 3.63) is 29.6 Å². The van der Waals surface area contributed by atoms with Gasteiger partial charge in [0.05, 0.1) is 6.07 Å². The number of sulfonamides is 1. The highest BCUT2D eigenvalue weighted by Crippen LogP contribution is 2.30. The molecule has 6 nitrogen and oxygen atoms in total. The van der Waals surface area contributed by atoms with Crippen molar-refractivity contribution in [2.75, 3.05) is 13.1 Å². The fourth-order valence-electron chi connectivity index (χ4n) is 3.62. The number of rotatable bonds is 4. The van der Waals surface area contributed by atoms with Gasteiger partial charge in [-0.15, -0.1) is 0 Å². The number of piperidine rings is 1. The Kier molecular flexibility index (Phi) is 5.30. The number of amides is 1. The molecule has 2 fully saturated rings. The minimum absolute atomic E-state index is 0.0449. The van der Waals surface area contributed by atoms with Crippen LogP contribution in [0.1, 0.15) is 55.3 Å². The molecule has 0 spiro atoms. The average molecular weight is 379 g/mol. The first kappa shape index (κ1) is 18.8. The molecule has 1 saturated heterocycles. The molecule has 1 saturated carbocycles. The quantitative estimate of drug-likeness (QED) is 0.870. The Bertz CT molecular complexity index is 836. The smallest absolute Gasteiger partial charge is 0.252 e. The highest BCUT2D eigenvalue weighted by atomic mass is 32.2. The van der Waals surface area contributed by atoms with Crippen LogP contribution in [0.15, 0.2) is 23.1 Å². The molecule has 0 radical (unpaired) electrons. The van der Waals surface area contributed by atoms with Gasteiger partial charge in [0.1, 0.15) is 16.3 Å². The zero-order valence-electron chi connectivity index (χ0n) is 14.5. The Hall–Kier alpha value is -1.98. The van der Waals surface area contributed by atoms with Gasteiger partial charge in [0.2, 0.25) is 10.0 Å². The van der Waals surface area contributed by atoms with E-state index in [0.717, 1.165) is 44.2 Å². The van der Waals surface area contributed by atoms with Crippen LogP contribution in [-0.4, -0.2) is 37.3 Å². The lowest BCUT2D eigenvalue weighted by Gasteiger charge is -2.26. The van der Waals surface area contributed by atoms with Crippen LogP contribution in [0, 0.1) is 17.1 Å². The monoisotopic (exact) mass is 379 g/mol. The molecule has 1 amide bonds. The van der Waals surface area contributed by atoms with E-state index in [4.69, 9.17) is 0 Å². The molecule has 1 N–H and O–H groups in total. The van der Waals surface area contributed by atoms with E-state index in [1.165, 1.54) is 10.4 Å². The summed E-state index contributed by atoms with van der Waals surface area (Å²) in [6.45, 7) is 0.714. The van der Waals surface area contributed by atoms with Crippen LogP contribution in [0.5, 0.6) is 0 Å². The van der Waals surface area contributed by atoms with Crippen LogP contribution >= 0.6 is 0 Å². The highest BCUT2D eigenvalue weighted by Gasteiger charge is 2.36. The second kappa shape index (κ2) is 7.33. The van der Waals surface area contributed by atoms with Gasteiger partial charge in [0, 0.05) is 18.7 Å². The summed E-state index contributed by atoms with van der Waals surface area (Å²) in [6, 6.07) is 5.48. The van der Waals surface area contributed by atoms with Crippen LogP contribution in [-0.2, 0) is 10.0 Å². The van der Waals surface area contributed by atoms with Gasteiger partial charge in [-0.2, -0.15) is 9.57 Å². The molecule has 0 aromatic heterocycles. The first-order valence-corrected chi connectivity index (χ1v) is 10.4. The molecule has 8 heteroatoms. The van der Waals surface area contributed by atoms with Crippen molar-refractivity contribution >= 4 is 15.9 Å². The Labute approximate surface area is 153 Å². The number of hydrogen-bond donors (Lipinski definition) is 1. The first-order chi connectivity index (χ1) is 12.4. The summed E-state index contributed by atoms with van der Waals surface area (Å²) in [5, 5.41) is 12.1. The van der Waals surface area contributed by atoms with Crippen molar-refractivity contribution in [3.63, 3.8) is 0 Å². The molecule has 1 heterocycles. The van der Waals surface area contributed by atoms with Gasteiger partial charge in [0.25, 0.3) is 5.91 Å². The molecular weight excluding hydrogens is 357 g/mol. The number of halogens is 1. The van der Waals surface area contributed by atoms with E-state index in [9.17, 15) is 22.9 Å². The SMILES string of the molecule is N#CC1(NC(=O)c2ccc(F)c(S(=O)(=O)N3CCCCC3)c2)CCCC1. The van der Waals surface area contributed by atoms with Crippen LogP contribution in [0.25, 0.3) is 0 Å². The van der Waals surface area contributed by atoms with Crippen LogP contribution in [0.3, 0.4) is 0 Å². The number of nitrogens with one attached hydrogen (secondary N) is 1. The van der Waals surface area contributed by atoms with Crippen molar-refractivity contribution < 1.29 is 17.6 Å². The second-order valence-electron chi connectivity index (χ2n) is 6.97. The maximum absolute atomic E-state index is 14.2. The normalized spacial score (nSPS) is 20.5. The topological polar surface area (TPSA) is 90.3 Å². The first-order valence-electron chi connectivity index (χ1n) is 8.91. The maximum atomic E-state index is 14.2. The van der Waals surface area contributed by atoms with Crippen molar-refractivity contribution in [1.82, 2.24) is 9.62 Å². The Balaban J connectivity index is 1.88. The standard InChI is InChI=1S/C18H22FN3O3S/c19-15-7-6-14(17(23)21-18(13-20)8-2-3-9-18)12-16(15)26(24,25)22-10-4-1-5-11-22/h6-7,12H,1-5,8-11H2,(H,21,23). The van der Waals surface area contributed by atoms with Gasteiger partial charge < -0.3 is 5.32 Å². The van der Waals surface area contributed by atoms with E-state index in [-0.39, 0.29) is 5.56 Å². The Morgan fingerprint density at radius 1 is 1.15 bits per heavy atom. The largest absolute Gasteiger partial charge is 0.334 e. The number of benzene rings is 1. The van der Waals surface area contributed by atoms with Crippen molar-refractivity contribution in [2.45, 2.75) is 55.4 Å². The minimum atomic E-state index is -3.98. The zero-order valence-corrected chi connectivity index (χ0v) is 15.3. The summed E-state index contributed by atoms with van der Waals surface area (Å²) >= 11 is 0. The van der Waals surface area contributed by atoms with E-state index in [1.807, 2.05) is 0 Å². The molecule has 3 rings (SSSR count). The van der Waals surface area contributed by atoms with Gasteiger partial charge >= 0.3 is 0 Å². The summed E-state index contributed by atoms with van der Waals surface area (Å²) < 4.78 is 41.0. The third-order valence-electron chi connectivity index (χ3n) is 5.15. The lowest BCUT2D eigenvalue weighted by Crippen LogP contribution is -2.45. The summed E-state index contributed by atoms with van der Waals surface area (Å²) in [4.78, 5) is 12.1. The molecule has 1 aliphatic heterocycles. The van der Waals surface area contributed by atoms with E-state index in [0.29, 0.717) is 25.9 Å². The fourth-order valence-corrected chi connectivity index (χ4v) is 5.23. The Morgan fingerprint density at radius 2 is 1.81 bits per heavy atom. The molecule has 0 unspecified atom stereocenters. The predicted molar refractivity (Wildman–Crippen MR) is 93.3 cm³/mol. The molecule has 0 atom stereocenters.